The van der Waals surface area contributed by atoms with Crippen LogP contribution >= 0.6 is 0 Å². The predicted molar refractivity (Wildman–Crippen MR) is 125 cm³/mol. The van der Waals surface area contributed by atoms with Gasteiger partial charge in [0, 0.05) is 18.7 Å². The Bertz CT molecular complexity index is 1110. The van der Waals surface area contributed by atoms with Crippen molar-refractivity contribution in [2.75, 3.05) is 13.1 Å². The molecule has 178 valence electrons. The quantitative estimate of drug-likeness (QED) is 0.445. The summed E-state index contributed by atoms with van der Waals surface area (Å²) >= 11 is 0. The Morgan fingerprint density at radius 1 is 0.853 bits per heavy atom. The Balaban J connectivity index is 1.84. The smallest absolute Gasteiger partial charge is 0.342 e. The summed E-state index contributed by atoms with van der Waals surface area (Å²) in [6, 6.07) is 19.5. The molecule has 0 aliphatic carbocycles. The first-order valence-corrected chi connectivity index (χ1v) is 10.9. The SMILES string of the molecule is CCN(CC)C(=O)[C@@H](NNC(=O)c1ccccc1-c1ccc(C(F)(F)F)cc1)c1ccccc1. The number of carbonyl (C=O) groups excluding carboxylic acids is 2. The van der Waals surface area contributed by atoms with E-state index in [9.17, 15) is 22.8 Å². The molecule has 0 saturated carbocycles. The Kier molecular flexibility index (Phi) is 8.07. The molecule has 34 heavy (non-hydrogen) atoms. The topological polar surface area (TPSA) is 61.4 Å². The predicted octanol–water partition coefficient (Wildman–Crippen LogP) is 5.22. The van der Waals surface area contributed by atoms with Crippen molar-refractivity contribution in [1.82, 2.24) is 15.8 Å². The van der Waals surface area contributed by atoms with E-state index in [2.05, 4.69) is 10.9 Å². The molecule has 0 fully saturated rings. The van der Waals surface area contributed by atoms with Crippen molar-refractivity contribution < 1.29 is 22.8 Å². The van der Waals surface area contributed by atoms with Gasteiger partial charge in [-0.15, -0.1) is 0 Å². The molecule has 0 radical (unpaired) electrons. The summed E-state index contributed by atoms with van der Waals surface area (Å²) < 4.78 is 38.7. The van der Waals surface area contributed by atoms with Gasteiger partial charge in [0.2, 0.25) is 5.91 Å². The van der Waals surface area contributed by atoms with Gasteiger partial charge in [0.1, 0.15) is 6.04 Å². The van der Waals surface area contributed by atoms with Crippen LogP contribution in [0, 0.1) is 0 Å². The molecule has 3 rings (SSSR count). The van der Waals surface area contributed by atoms with Gasteiger partial charge in [-0.25, -0.2) is 5.43 Å². The fourth-order valence-electron chi connectivity index (χ4n) is 3.63. The van der Waals surface area contributed by atoms with Crippen LogP contribution in [0.5, 0.6) is 0 Å². The van der Waals surface area contributed by atoms with Crippen molar-refractivity contribution in [1.29, 1.82) is 0 Å². The second-order valence-electron chi connectivity index (χ2n) is 7.57. The van der Waals surface area contributed by atoms with E-state index in [0.717, 1.165) is 12.1 Å². The van der Waals surface area contributed by atoms with Gasteiger partial charge in [-0.1, -0.05) is 60.7 Å². The number of likely N-dealkylation sites (N-methyl/N-ethyl adjacent to an activating group) is 1. The second kappa shape index (κ2) is 11.0. The van der Waals surface area contributed by atoms with E-state index in [1.54, 1.807) is 53.4 Å². The number of nitrogens with zero attached hydrogens (tertiary/aromatic N) is 1. The Morgan fingerprint density at radius 2 is 1.44 bits per heavy atom. The van der Waals surface area contributed by atoms with Gasteiger partial charge in [-0.05, 0) is 48.7 Å². The van der Waals surface area contributed by atoms with Gasteiger partial charge in [0.05, 0.1) is 5.56 Å². The lowest BCUT2D eigenvalue weighted by atomic mass is 9.98. The Labute approximate surface area is 196 Å². The zero-order valence-corrected chi connectivity index (χ0v) is 18.9. The highest BCUT2D eigenvalue weighted by atomic mass is 19.4. The molecule has 5 nitrogen and oxygen atoms in total. The third-order valence-electron chi connectivity index (χ3n) is 5.48. The van der Waals surface area contributed by atoms with Gasteiger partial charge in [-0.3, -0.25) is 15.0 Å². The van der Waals surface area contributed by atoms with Crippen molar-refractivity contribution in [3.63, 3.8) is 0 Å². The van der Waals surface area contributed by atoms with Crippen LogP contribution in [0.1, 0.15) is 41.4 Å². The van der Waals surface area contributed by atoms with Gasteiger partial charge < -0.3 is 4.90 Å². The molecule has 0 heterocycles. The molecule has 8 heteroatoms. The normalized spacial score (nSPS) is 12.1. The van der Waals surface area contributed by atoms with Gasteiger partial charge in [0.15, 0.2) is 0 Å². The van der Waals surface area contributed by atoms with E-state index in [4.69, 9.17) is 0 Å². The van der Waals surface area contributed by atoms with E-state index < -0.39 is 23.7 Å². The average molecular weight is 470 g/mol. The van der Waals surface area contributed by atoms with Crippen LogP contribution in [0.4, 0.5) is 13.2 Å². The van der Waals surface area contributed by atoms with Crippen LogP contribution in [-0.4, -0.2) is 29.8 Å². The van der Waals surface area contributed by atoms with Crippen LogP contribution < -0.4 is 10.9 Å². The lowest BCUT2D eigenvalue weighted by Gasteiger charge is -2.26. The number of alkyl halides is 3. The highest BCUT2D eigenvalue weighted by molar-refractivity contribution is 6.00. The number of rotatable bonds is 8. The summed E-state index contributed by atoms with van der Waals surface area (Å²) in [5.41, 5.74) is 6.59. The van der Waals surface area contributed by atoms with E-state index in [1.807, 2.05) is 19.9 Å². The molecule has 0 aliphatic heterocycles. The van der Waals surface area contributed by atoms with Crippen molar-refractivity contribution in [3.05, 3.63) is 95.6 Å². The third kappa shape index (κ3) is 5.82. The largest absolute Gasteiger partial charge is 0.416 e. The minimum absolute atomic E-state index is 0.187. The number of hydrogen-bond donors (Lipinski definition) is 2. The monoisotopic (exact) mass is 469 g/mol. The number of amides is 2. The number of benzene rings is 3. The van der Waals surface area contributed by atoms with E-state index >= 15 is 0 Å². The minimum Gasteiger partial charge on any atom is -0.342 e. The van der Waals surface area contributed by atoms with Crippen molar-refractivity contribution in [2.45, 2.75) is 26.1 Å². The molecule has 3 aromatic carbocycles. The summed E-state index contributed by atoms with van der Waals surface area (Å²) in [5.74, 6) is -0.698. The van der Waals surface area contributed by atoms with E-state index in [-0.39, 0.29) is 11.5 Å². The van der Waals surface area contributed by atoms with Crippen molar-refractivity contribution in [2.24, 2.45) is 0 Å². The van der Waals surface area contributed by atoms with Crippen LogP contribution in [0.25, 0.3) is 11.1 Å². The fraction of sp³-hybridized carbons (Fsp3) is 0.231. The maximum atomic E-state index is 13.1. The van der Waals surface area contributed by atoms with E-state index in [1.165, 1.54) is 12.1 Å². The molecule has 3 aromatic rings. The van der Waals surface area contributed by atoms with Crippen molar-refractivity contribution >= 4 is 11.8 Å². The molecule has 0 bridgehead atoms. The molecular weight excluding hydrogens is 443 g/mol. The lowest BCUT2D eigenvalue weighted by molar-refractivity contribution is -0.137. The molecule has 0 spiro atoms. The van der Waals surface area contributed by atoms with Crippen molar-refractivity contribution in [3.8, 4) is 11.1 Å². The van der Waals surface area contributed by atoms with E-state index in [0.29, 0.717) is 29.8 Å². The number of hydrogen-bond acceptors (Lipinski definition) is 3. The molecule has 0 aromatic heterocycles. The molecule has 1 atom stereocenters. The zero-order valence-electron chi connectivity index (χ0n) is 18.9. The van der Waals surface area contributed by atoms with Gasteiger partial charge in [0.25, 0.3) is 5.91 Å². The van der Waals surface area contributed by atoms with Crippen LogP contribution in [-0.2, 0) is 11.0 Å². The maximum Gasteiger partial charge on any atom is 0.416 e. The standard InChI is InChI=1S/C26H26F3N3O2/c1-3-32(4-2)25(34)23(19-10-6-5-7-11-19)30-31-24(33)22-13-9-8-12-21(22)18-14-16-20(17-15-18)26(27,28)29/h5-17,23,30H,3-4H2,1-2H3,(H,31,33)/t23-/m0/s1. The summed E-state index contributed by atoms with van der Waals surface area (Å²) in [6.07, 6.45) is -4.44. The number of hydrazine groups is 1. The highest BCUT2D eigenvalue weighted by Gasteiger charge is 2.30. The zero-order chi connectivity index (χ0) is 24.7. The fourth-order valence-corrected chi connectivity index (χ4v) is 3.63. The molecule has 2 amide bonds. The maximum absolute atomic E-state index is 13.1. The van der Waals surface area contributed by atoms with Gasteiger partial charge in [-0.2, -0.15) is 13.2 Å². The lowest BCUT2D eigenvalue weighted by Crippen LogP contribution is -2.47. The highest BCUT2D eigenvalue weighted by Crippen LogP contribution is 2.31. The van der Waals surface area contributed by atoms with Gasteiger partial charge >= 0.3 is 6.18 Å². The first-order chi connectivity index (χ1) is 16.3. The van der Waals surface area contributed by atoms with Crippen LogP contribution in [0.2, 0.25) is 0 Å². The molecule has 0 aliphatic rings. The van der Waals surface area contributed by atoms with Crippen LogP contribution in [0.3, 0.4) is 0 Å². The first kappa shape index (κ1) is 25.0. The summed E-state index contributed by atoms with van der Waals surface area (Å²) in [5, 5.41) is 0. The number of carbonyl (C=O) groups is 2. The Hall–Kier alpha value is -3.65. The summed E-state index contributed by atoms with van der Waals surface area (Å²) in [4.78, 5) is 27.8. The third-order valence-corrected chi connectivity index (χ3v) is 5.48. The molecule has 0 unspecified atom stereocenters. The van der Waals surface area contributed by atoms with Crippen LogP contribution in [0.15, 0.2) is 78.9 Å². The Morgan fingerprint density at radius 3 is 2.03 bits per heavy atom. The second-order valence-corrected chi connectivity index (χ2v) is 7.57. The summed E-state index contributed by atoms with van der Waals surface area (Å²) in [6.45, 7) is 4.79. The minimum atomic E-state index is -4.44. The summed E-state index contributed by atoms with van der Waals surface area (Å²) in [7, 11) is 0. The molecule has 2 N–H and O–H groups in total. The molecule has 0 saturated heterocycles. The number of nitrogens with one attached hydrogen (secondary N) is 2. The first-order valence-electron chi connectivity index (χ1n) is 10.9. The average Bonchev–Trinajstić information content (AvgIpc) is 2.85. The number of halogens is 3. The molecular formula is C26H26F3N3O2.